The molecular weight excluding hydrogens is 266 g/mol. The molecule has 0 saturated carbocycles. The van der Waals surface area contributed by atoms with E-state index in [9.17, 15) is 13.2 Å². The first kappa shape index (κ1) is 11.5. The van der Waals surface area contributed by atoms with Crippen LogP contribution in [-0.4, -0.2) is 20.8 Å². The molecule has 0 N–H and O–H groups in total. The molecule has 0 aliphatic heterocycles. The summed E-state index contributed by atoms with van der Waals surface area (Å²) in [6.07, 6.45) is -4.24. The molecule has 3 nitrogen and oxygen atoms in total. The minimum atomic E-state index is -4.39. The maximum atomic E-state index is 12.3. The fourth-order valence-electron chi connectivity index (χ4n) is 1.26. The summed E-state index contributed by atoms with van der Waals surface area (Å²) in [7, 11) is 0. The van der Waals surface area contributed by atoms with Crippen molar-refractivity contribution in [2.24, 2.45) is 0 Å². The summed E-state index contributed by atoms with van der Waals surface area (Å²) < 4.78 is 37.9. The molecule has 8 heteroatoms. The number of hydrogen-bond donors (Lipinski definition) is 0. The predicted octanol–water partition coefficient (Wildman–Crippen LogP) is 3.14. The Hall–Kier alpha value is -1.01. The Labute approximate surface area is 97.8 Å². The molecule has 0 amide bonds. The van der Waals surface area contributed by atoms with Gasteiger partial charge in [0.15, 0.2) is 5.65 Å². The van der Waals surface area contributed by atoms with Crippen molar-refractivity contribution in [1.29, 1.82) is 0 Å². The molecule has 0 bridgehead atoms. The van der Waals surface area contributed by atoms with Crippen molar-refractivity contribution in [3.8, 4) is 0 Å². The zero-order chi connectivity index (χ0) is 11.9. The van der Waals surface area contributed by atoms with E-state index in [-0.39, 0.29) is 15.9 Å². The van der Waals surface area contributed by atoms with E-state index in [0.29, 0.717) is 5.65 Å². The SMILES string of the molecule is FC(F)(F)Cc1c(Cl)nc2ccnn2c1Cl. The Bertz CT molecular complexity index is 535. The summed E-state index contributed by atoms with van der Waals surface area (Å²) in [5.41, 5.74) is 0.0351. The van der Waals surface area contributed by atoms with E-state index >= 15 is 0 Å². The maximum absolute atomic E-state index is 12.3. The van der Waals surface area contributed by atoms with Crippen LogP contribution in [-0.2, 0) is 6.42 Å². The number of rotatable bonds is 1. The van der Waals surface area contributed by atoms with Crippen LogP contribution in [0, 0.1) is 0 Å². The molecule has 16 heavy (non-hydrogen) atoms. The molecule has 0 aliphatic rings. The quantitative estimate of drug-likeness (QED) is 0.745. The molecular formula is C8H4Cl2F3N3. The molecule has 2 heterocycles. The van der Waals surface area contributed by atoms with Gasteiger partial charge in [-0.1, -0.05) is 23.2 Å². The molecule has 0 spiro atoms. The highest BCUT2D eigenvalue weighted by molar-refractivity contribution is 6.34. The molecule has 86 valence electrons. The average Bonchev–Trinajstić information content (AvgIpc) is 2.58. The van der Waals surface area contributed by atoms with Gasteiger partial charge in [0, 0.05) is 11.6 Å². The van der Waals surface area contributed by atoms with E-state index in [1.807, 2.05) is 0 Å². The summed E-state index contributed by atoms with van der Waals surface area (Å²) >= 11 is 11.4. The van der Waals surface area contributed by atoms with Gasteiger partial charge in [-0.05, 0) is 0 Å². The fourth-order valence-corrected chi connectivity index (χ4v) is 1.84. The Balaban J connectivity index is 2.59. The largest absolute Gasteiger partial charge is 0.393 e. The van der Waals surface area contributed by atoms with Crippen molar-refractivity contribution in [2.75, 3.05) is 0 Å². The second kappa shape index (κ2) is 3.78. The molecule has 0 saturated heterocycles. The Kier molecular flexibility index (Phi) is 2.71. The van der Waals surface area contributed by atoms with Crippen LogP contribution in [0.15, 0.2) is 12.3 Å². The van der Waals surface area contributed by atoms with Crippen LogP contribution in [0.5, 0.6) is 0 Å². The first-order chi connectivity index (χ1) is 7.38. The number of hydrogen-bond acceptors (Lipinski definition) is 2. The van der Waals surface area contributed by atoms with Crippen molar-refractivity contribution in [1.82, 2.24) is 14.6 Å². The Morgan fingerprint density at radius 3 is 2.62 bits per heavy atom. The van der Waals surface area contributed by atoms with Gasteiger partial charge in [-0.15, -0.1) is 0 Å². The van der Waals surface area contributed by atoms with Crippen LogP contribution in [0.2, 0.25) is 10.3 Å². The van der Waals surface area contributed by atoms with Crippen molar-refractivity contribution >= 4 is 28.8 Å². The van der Waals surface area contributed by atoms with Gasteiger partial charge in [-0.3, -0.25) is 0 Å². The van der Waals surface area contributed by atoms with Crippen molar-refractivity contribution in [3.05, 3.63) is 28.1 Å². The first-order valence-electron chi connectivity index (χ1n) is 4.13. The minimum absolute atomic E-state index is 0.169. The number of halogens is 5. The van der Waals surface area contributed by atoms with Crippen molar-refractivity contribution in [2.45, 2.75) is 12.6 Å². The highest BCUT2D eigenvalue weighted by Gasteiger charge is 2.31. The lowest BCUT2D eigenvalue weighted by atomic mass is 10.2. The van der Waals surface area contributed by atoms with E-state index in [4.69, 9.17) is 23.2 Å². The smallest absolute Gasteiger partial charge is 0.216 e. The van der Waals surface area contributed by atoms with Gasteiger partial charge in [-0.25, -0.2) is 9.50 Å². The van der Waals surface area contributed by atoms with Gasteiger partial charge in [0.1, 0.15) is 10.3 Å². The Morgan fingerprint density at radius 1 is 1.31 bits per heavy atom. The third kappa shape index (κ3) is 2.08. The molecule has 0 unspecified atom stereocenters. The lowest BCUT2D eigenvalue weighted by molar-refractivity contribution is -0.127. The highest BCUT2D eigenvalue weighted by atomic mass is 35.5. The zero-order valence-electron chi connectivity index (χ0n) is 7.59. The molecule has 0 atom stereocenters. The van der Waals surface area contributed by atoms with Crippen LogP contribution >= 0.6 is 23.2 Å². The molecule has 0 aliphatic carbocycles. The van der Waals surface area contributed by atoms with Gasteiger partial charge in [-0.2, -0.15) is 18.3 Å². The van der Waals surface area contributed by atoms with Crippen molar-refractivity contribution < 1.29 is 13.2 Å². The fraction of sp³-hybridized carbons (Fsp3) is 0.250. The van der Waals surface area contributed by atoms with Crippen LogP contribution < -0.4 is 0 Å². The summed E-state index contributed by atoms with van der Waals surface area (Å²) in [5, 5.41) is 3.32. The van der Waals surface area contributed by atoms with E-state index in [1.54, 1.807) is 0 Å². The lowest BCUT2D eigenvalue weighted by Crippen LogP contribution is -2.14. The predicted molar refractivity (Wildman–Crippen MR) is 52.8 cm³/mol. The maximum Gasteiger partial charge on any atom is 0.393 e. The highest BCUT2D eigenvalue weighted by Crippen LogP contribution is 2.30. The third-order valence-electron chi connectivity index (χ3n) is 1.90. The van der Waals surface area contributed by atoms with Gasteiger partial charge < -0.3 is 0 Å². The summed E-state index contributed by atoms with van der Waals surface area (Å²) in [6.45, 7) is 0. The van der Waals surface area contributed by atoms with Crippen LogP contribution in [0.3, 0.4) is 0 Å². The summed E-state index contributed by atoms with van der Waals surface area (Å²) in [5.74, 6) is 0. The Morgan fingerprint density at radius 2 is 2.00 bits per heavy atom. The summed E-state index contributed by atoms with van der Waals surface area (Å²) in [4.78, 5) is 3.76. The van der Waals surface area contributed by atoms with Gasteiger partial charge in [0.05, 0.1) is 12.6 Å². The zero-order valence-corrected chi connectivity index (χ0v) is 9.11. The van der Waals surface area contributed by atoms with Gasteiger partial charge >= 0.3 is 6.18 Å². The van der Waals surface area contributed by atoms with E-state index < -0.39 is 12.6 Å². The molecule has 2 aromatic heterocycles. The third-order valence-corrected chi connectivity index (χ3v) is 2.60. The normalized spacial score (nSPS) is 12.3. The standard InChI is InChI=1S/C8H4Cl2F3N3/c9-6-4(3-8(11,12)13)7(10)16-5(15-6)1-2-14-16/h1-2H,3H2. The van der Waals surface area contributed by atoms with E-state index in [0.717, 1.165) is 4.52 Å². The molecule has 2 aromatic rings. The molecule has 2 rings (SSSR count). The first-order valence-corrected chi connectivity index (χ1v) is 4.88. The van der Waals surface area contributed by atoms with Crippen molar-refractivity contribution in [3.63, 3.8) is 0 Å². The number of alkyl halides is 3. The van der Waals surface area contributed by atoms with Crippen LogP contribution in [0.4, 0.5) is 13.2 Å². The molecule has 0 radical (unpaired) electrons. The van der Waals surface area contributed by atoms with Crippen LogP contribution in [0.1, 0.15) is 5.56 Å². The number of nitrogens with zero attached hydrogens (tertiary/aromatic N) is 3. The van der Waals surface area contributed by atoms with Crippen LogP contribution in [0.25, 0.3) is 5.65 Å². The monoisotopic (exact) mass is 269 g/mol. The topological polar surface area (TPSA) is 30.2 Å². The number of aromatic nitrogens is 3. The summed E-state index contributed by atoms with van der Waals surface area (Å²) in [6, 6.07) is 1.50. The lowest BCUT2D eigenvalue weighted by Gasteiger charge is -2.10. The van der Waals surface area contributed by atoms with Gasteiger partial charge in [0.2, 0.25) is 0 Å². The second-order valence-electron chi connectivity index (χ2n) is 3.07. The van der Waals surface area contributed by atoms with E-state index in [2.05, 4.69) is 10.1 Å². The minimum Gasteiger partial charge on any atom is -0.216 e. The average molecular weight is 270 g/mol. The molecule has 0 fully saturated rings. The molecule has 0 aromatic carbocycles. The number of fused-ring (bicyclic) bond motifs is 1. The second-order valence-corrected chi connectivity index (χ2v) is 3.78. The van der Waals surface area contributed by atoms with E-state index in [1.165, 1.54) is 12.3 Å². The van der Waals surface area contributed by atoms with Gasteiger partial charge in [0.25, 0.3) is 0 Å².